The van der Waals surface area contributed by atoms with Crippen molar-refractivity contribution in [3.63, 3.8) is 0 Å². The van der Waals surface area contributed by atoms with E-state index in [1.165, 1.54) is 0 Å². The van der Waals surface area contributed by atoms with Crippen molar-refractivity contribution in [1.29, 1.82) is 0 Å². The highest BCUT2D eigenvalue weighted by molar-refractivity contribution is 7.14. The summed E-state index contributed by atoms with van der Waals surface area (Å²) >= 11 is 1.06. The molecular formula is C19H20F3N3OS. The summed E-state index contributed by atoms with van der Waals surface area (Å²) in [6, 6.07) is 7.61. The van der Waals surface area contributed by atoms with Crippen molar-refractivity contribution in [1.82, 2.24) is 4.98 Å². The molecule has 0 radical (unpaired) electrons. The molecule has 1 aromatic carbocycles. The second-order valence-corrected chi connectivity index (χ2v) is 8.00. The summed E-state index contributed by atoms with van der Waals surface area (Å²) in [6.07, 6.45) is -1.76. The molecule has 4 nitrogen and oxygen atoms in total. The predicted octanol–water partition coefficient (Wildman–Crippen LogP) is 5.13. The third-order valence-corrected chi connectivity index (χ3v) is 6.12. The molecule has 1 aliphatic heterocycles. The number of halogens is 3. The minimum atomic E-state index is -4.83. The number of thiazole rings is 1. The van der Waals surface area contributed by atoms with Gasteiger partial charge in [0.25, 0.3) is 5.72 Å². The molecule has 1 fully saturated rings. The van der Waals surface area contributed by atoms with E-state index in [0.29, 0.717) is 29.3 Å². The number of anilines is 1. The zero-order valence-electron chi connectivity index (χ0n) is 14.8. The van der Waals surface area contributed by atoms with Gasteiger partial charge in [-0.1, -0.05) is 42.7 Å². The maximum absolute atomic E-state index is 14.0. The fraction of sp³-hybridized carbons (Fsp3) is 0.474. The molecule has 8 heteroatoms. The standard InChI is InChI=1S/C19H20F3N3OS/c1-12-7-9-13(10-8-12)16-11-27-17(23-16)25-18(26,19(20,21)22)14-5-3-2-4-6-15(14)24-25/h7-11,14,26H,2-6H2,1H3/t14-,18-/m1/s1. The molecule has 27 heavy (non-hydrogen) atoms. The second kappa shape index (κ2) is 6.60. The summed E-state index contributed by atoms with van der Waals surface area (Å²) in [4.78, 5) is 4.36. The van der Waals surface area contributed by atoms with E-state index in [1.54, 1.807) is 5.38 Å². The summed E-state index contributed by atoms with van der Waals surface area (Å²) < 4.78 is 41.9. The molecule has 1 saturated carbocycles. The predicted molar refractivity (Wildman–Crippen MR) is 99.8 cm³/mol. The fourth-order valence-corrected chi connectivity index (χ4v) is 4.64. The van der Waals surface area contributed by atoms with Crippen LogP contribution in [0.5, 0.6) is 0 Å². The van der Waals surface area contributed by atoms with Crippen LogP contribution in [-0.2, 0) is 0 Å². The summed E-state index contributed by atoms with van der Waals surface area (Å²) in [6.45, 7) is 1.96. The van der Waals surface area contributed by atoms with E-state index in [-0.39, 0.29) is 11.6 Å². The van der Waals surface area contributed by atoms with Gasteiger partial charge in [-0.15, -0.1) is 11.3 Å². The van der Waals surface area contributed by atoms with Gasteiger partial charge in [-0.05, 0) is 26.2 Å². The van der Waals surface area contributed by atoms with Crippen LogP contribution in [-0.4, -0.2) is 27.7 Å². The van der Waals surface area contributed by atoms with Gasteiger partial charge in [-0.2, -0.15) is 23.3 Å². The Morgan fingerprint density at radius 2 is 1.93 bits per heavy atom. The van der Waals surface area contributed by atoms with Crippen molar-refractivity contribution in [3.8, 4) is 11.3 Å². The topological polar surface area (TPSA) is 48.7 Å². The number of aryl methyl sites for hydroxylation is 1. The van der Waals surface area contributed by atoms with Crippen LogP contribution >= 0.6 is 11.3 Å². The van der Waals surface area contributed by atoms with Crippen molar-refractivity contribution in [3.05, 3.63) is 35.2 Å². The van der Waals surface area contributed by atoms with E-state index in [1.807, 2.05) is 31.2 Å². The summed E-state index contributed by atoms with van der Waals surface area (Å²) in [7, 11) is 0. The zero-order chi connectivity index (χ0) is 19.2. The molecule has 1 aliphatic carbocycles. The molecule has 2 aliphatic rings. The third kappa shape index (κ3) is 3.04. The molecule has 2 atom stereocenters. The van der Waals surface area contributed by atoms with Crippen LogP contribution in [0, 0.1) is 12.8 Å². The van der Waals surface area contributed by atoms with Crippen molar-refractivity contribution in [2.75, 3.05) is 5.01 Å². The molecule has 2 heterocycles. The van der Waals surface area contributed by atoms with Crippen LogP contribution in [0.3, 0.4) is 0 Å². The first-order chi connectivity index (χ1) is 12.8. The van der Waals surface area contributed by atoms with Crippen LogP contribution in [0.25, 0.3) is 11.3 Å². The Kier molecular flexibility index (Phi) is 4.50. The Bertz CT molecular complexity index is 862. The fourth-order valence-electron chi connectivity index (χ4n) is 3.80. The van der Waals surface area contributed by atoms with Gasteiger partial charge in [0.15, 0.2) is 0 Å². The number of aromatic nitrogens is 1. The highest BCUT2D eigenvalue weighted by Crippen LogP contribution is 2.50. The lowest BCUT2D eigenvalue weighted by Gasteiger charge is -2.37. The van der Waals surface area contributed by atoms with E-state index < -0.39 is 17.8 Å². The highest BCUT2D eigenvalue weighted by atomic mass is 32.1. The van der Waals surface area contributed by atoms with Crippen molar-refractivity contribution >= 4 is 22.2 Å². The summed E-state index contributed by atoms with van der Waals surface area (Å²) in [5, 5.41) is 17.5. The Hall–Kier alpha value is -1.93. The van der Waals surface area contributed by atoms with Crippen LogP contribution < -0.4 is 5.01 Å². The average Bonchev–Trinajstić information content (AvgIpc) is 3.11. The van der Waals surface area contributed by atoms with Gasteiger partial charge in [0.1, 0.15) is 0 Å². The van der Waals surface area contributed by atoms with Crippen molar-refractivity contribution in [2.45, 2.75) is 50.9 Å². The molecule has 0 bridgehead atoms. The first-order valence-electron chi connectivity index (χ1n) is 9.00. The Morgan fingerprint density at radius 3 is 2.63 bits per heavy atom. The summed E-state index contributed by atoms with van der Waals surface area (Å²) in [5.74, 6) is -1.04. The van der Waals surface area contributed by atoms with Gasteiger partial charge in [-0.3, -0.25) is 0 Å². The van der Waals surface area contributed by atoms with Gasteiger partial charge in [-0.25, -0.2) is 4.98 Å². The number of hydrogen-bond acceptors (Lipinski definition) is 5. The van der Waals surface area contributed by atoms with Gasteiger partial charge in [0, 0.05) is 16.7 Å². The van der Waals surface area contributed by atoms with Crippen LogP contribution in [0.1, 0.15) is 37.7 Å². The number of alkyl halides is 3. The Morgan fingerprint density at radius 1 is 1.19 bits per heavy atom. The normalized spacial score (nSPS) is 25.9. The number of hydrogen-bond donors (Lipinski definition) is 1. The number of aliphatic hydroxyl groups is 1. The number of hydrazone groups is 1. The SMILES string of the molecule is Cc1ccc(-c2csc(N3N=C4CCCCC[C@H]4[C@@]3(O)C(F)(F)F)n2)cc1. The van der Waals surface area contributed by atoms with Crippen LogP contribution in [0.2, 0.25) is 0 Å². The van der Waals surface area contributed by atoms with E-state index >= 15 is 0 Å². The first-order valence-corrected chi connectivity index (χ1v) is 9.88. The minimum absolute atomic E-state index is 0.0611. The van der Waals surface area contributed by atoms with Gasteiger partial charge >= 0.3 is 6.18 Å². The lowest BCUT2D eigenvalue weighted by atomic mass is 9.87. The molecule has 1 aromatic heterocycles. The lowest BCUT2D eigenvalue weighted by molar-refractivity contribution is -0.268. The quantitative estimate of drug-likeness (QED) is 0.767. The van der Waals surface area contributed by atoms with Gasteiger partial charge in [0.05, 0.1) is 11.6 Å². The molecule has 0 unspecified atom stereocenters. The molecule has 2 aromatic rings. The first kappa shape index (κ1) is 18.4. The maximum Gasteiger partial charge on any atom is 0.439 e. The Labute approximate surface area is 159 Å². The molecule has 4 rings (SSSR count). The highest BCUT2D eigenvalue weighted by Gasteiger charge is 2.67. The smallest absolute Gasteiger partial charge is 0.362 e. The molecule has 144 valence electrons. The maximum atomic E-state index is 14.0. The number of nitrogens with zero attached hydrogens (tertiary/aromatic N) is 3. The van der Waals surface area contributed by atoms with Gasteiger partial charge in [0.2, 0.25) is 5.13 Å². The molecule has 0 amide bonds. The van der Waals surface area contributed by atoms with Crippen LogP contribution in [0.15, 0.2) is 34.7 Å². The average molecular weight is 395 g/mol. The number of benzene rings is 1. The molecule has 0 saturated heterocycles. The number of rotatable bonds is 2. The number of fused-ring (bicyclic) bond motifs is 1. The zero-order valence-corrected chi connectivity index (χ0v) is 15.6. The van der Waals surface area contributed by atoms with Gasteiger partial charge < -0.3 is 5.11 Å². The lowest BCUT2D eigenvalue weighted by Crippen LogP contribution is -2.60. The largest absolute Gasteiger partial charge is 0.439 e. The third-order valence-electron chi connectivity index (χ3n) is 5.30. The molecular weight excluding hydrogens is 375 g/mol. The summed E-state index contributed by atoms with van der Waals surface area (Å²) in [5.41, 5.74) is -0.118. The monoisotopic (exact) mass is 395 g/mol. The molecule has 0 spiro atoms. The van der Waals surface area contributed by atoms with E-state index in [9.17, 15) is 18.3 Å². The van der Waals surface area contributed by atoms with E-state index in [2.05, 4.69) is 10.1 Å². The second-order valence-electron chi connectivity index (χ2n) is 7.16. The minimum Gasteiger partial charge on any atom is -0.362 e. The molecule has 1 N–H and O–H groups in total. The Balaban J connectivity index is 1.74. The van der Waals surface area contributed by atoms with E-state index in [4.69, 9.17) is 0 Å². The van der Waals surface area contributed by atoms with E-state index in [0.717, 1.165) is 35.3 Å². The van der Waals surface area contributed by atoms with Crippen LogP contribution in [0.4, 0.5) is 18.3 Å². The van der Waals surface area contributed by atoms with Crippen molar-refractivity contribution < 1.29 is 18.3 Å². The van der Waals surface area contributed by atoms with Crippen molar-refractivity contribution in [2.24, 2.45) is 11.0 Å².